The molecule has 4 rings (SSSR count). The number of hydrogen-bond donors (Lipinski definition) is 0. The lowest BCUT2D eigenvalue weighted by molar-refractivity contribution is 0.174. The maximum absolute atomic E-state index is 5.49. The average molecular weight is 444 g/mol. The van der Waals surface area contributed by atoms with Crippen molar-refractivity contribution >= 4 is 33.0 Å². The summed E-state index contributed by atoms with van der Waals surface area (Å²) in [6, 6.07) is 14.0. The van der Waals surface area contributed by atoms with Gasteiger partial charge in [-0.2, -0.15) is 5.10 Å². The summed E-state index contributed by atoms with van der Waals surface area (Å²) in [7, 11) is 0. The van der Waals surface area contributed by atoms with E-state index in [2.05, 4.69) is 32.4 Å². The van der Waals surface area contributed by atoms with Gasteiger partial charge in [0.2, 0.25) is 11.6 Å². The molecule has 0 saturated carbocycles. The van der Waals surface area contributed by atoms with Crippen LogP contribution < -0.4 is 14.3 Å². The molecular weight excluding hydrogens is 426 g/mol. The van der Waals surface area contributed by atoms with Crippen molar-refractivity contribution in [2.24, 2.45) is 10.1 Å². The molecule has 138 valence electrons. The van der Waals surface area contributed by atoms with Gasteiger partial charge in [-0.25, -0.2) is 4.68 Å². The van der Waals surface area contributed by atoms with Crippen LogP contribution in [0, 0.1) is 0 Å². The predicted octanol–water partition coefficient (Wildman–Crippen LogP) is 4.90. The molecule has 0 aliphatic carbocycles. The number of rotatable bonds is 4. The lowest BCUT2D eigenvalue weighted by atomic mass is 10.1. The Morgan fingerprint density at radius 2 is 2.00 bits per heavy atom. The Morgan fingerprint density at radius 1 is 1.19 bits per heavy atom. The molecule has 0 atom stereocenters. The SMILES string of the molecule is CCN=c1scc(-c2ccccc2Br)n1N=C(C)c1ccc2c(c1)OCO2. The molecule has 0 spiro atoms. The van der Waals surface area contributed by atoms with E-state index in [4.69, 9.17) is 14.6 Å². The van der Waals surface area contributed by atoms with Crippen molar-refractivity contribution in [3.8, 4) is 22.8 Å². The Balaban J connectivity index is 1.83. The van der Waals surface area contributed by atoms with Crippen LogP contribution in [0.1, 0.15) is 19.4 Å². The zero-order valence-corrected chi connectivity index (χ0v) is 17.4. The third-order valence-electron chi connectivity index (χ3n) is 4.17. The monoisotopic (exact) mass is 443 g/mol. The first-order chi connectivity index (χ1) is 13.2. The Hall–Kier alpha value is -2.38. The van der Waals surface area contributed by atoms with Crippen molar-refractivity contribution < 1.29 is 9.47 Å². The summed E-state index contributed by atoms with van der Waals surface area (Å²) in [6.45, 7) is 4.98. The van der Waals surface area contributed by atoms with Crippen LogP contribution >= 0.6 is 27.3 Å². The molecule has 0 unspecified atom stereocenters. The first kappa shape index (κ1) is 18.0. The number of nitrogens with zero attached hydrogens (tertiary/aromatic N) is 3. The van der Waals surface area contributed by atoms with Crippen LogP contribution in [0.2, 0.25) is 0 Å². The minimum absolute atomic E-state index is 0.264. The largest absolute Gasteiger partial charge is 0.454 e. The van der Waals surface area contributed by atoms with Gasteiger partial charge in [0.05, 0.1) is 11.4 Å². The van der Waals surface area contributed by atoms with Crippen LogP contribution in [-0.4, -0.2) is 23.7 Å². The Morgan fingerprint density at radius 3 is 2.81 bits per heavy atom. The van der Waals surface area contributed by atoms with Gasteiger partial charge in [-0.3, -0.25) is 4.99 Å². The van der Waals surface area contributed by atoms with Gasteiger partial charge in [-0.05, 0) is 38.1 Å². The van der Waals surface area contributed by atoms with Gasteiger partial charge in [0, 0.05) is 27.5 Å². The molecule has 7 heteroatoms. The summed E-state index contributed by atoms with van der Waals surface area (Å²) < 4.78 is 13.8. The van der Waals surface area contributed by atoms with E-state index in [-0.39, 0.29) is 6.79 Å². The molecule has 0 fully saturated rings. The van der Waals surface area contributed by atoms with Gasteiger partial charge in [0.25, 0.3) is 0 Å². The number of ether oxygens (including phenoxy) is 2. The minimum Gasteiger partial charge on any atom is -0.454 e. The molecule has 0 N–H and O–H groups in total. The normalized spacial score (nSPS) is 14.0. The Bertz CT molecular complexity index is 1080. The number of hydrogen-bond acceptors (Lipinski definition) is 5. The second kappa shape index (κ2) is 7.70. The van der Waals surface area contributed by atoms with E-state index in [1.807, 2.05) is 54.9 Å². The highest BCUT2D eigenvalue weighted by atomic mass is 79.9. The molecule has 2 heterocycles. The second-order valence-corrected chi connectivity index (χ2v) is 7.61. The van der Waals surface area contributed by atoms with E-state index in [9.17, 15) is 0 Å². The fourth-order valence-electron chi connectivity index (χ4n) is 2.82. The third kappa shape index (κ3) is 3.57. The van der Waals surface area contributed by atoms with E-state index in [0.29, 0.717) is 6.54 Å². The van der Waals surface area contributed by atoms with Crippen LogP contribution in [0.3, 0.4) is 0 Å². The van der Waals surface area contributed by atoms with E-state index < -0.39 is 0 Å². The third-order valence-corrected chi connectivity index (χ3v) is 5.71. The quantitative estimate of drug-likeness (QED) is 0.538. The average Bonchev–Trinajstić information content (AvgIpc) is 3.29. The van der Waals surface area contributed by atoms with Crippen LogP contribution in [0.5, 0.6) is 11.5 Å². The van der Waals surface area contributed by atoms with Gasteiger partial charge in [-0.15, -0.1) is 11.3 Å². The maximum Gasteiger partial charge on any atom is 0.231 e. The summed E-state index contributed by atoms with van der Waals surface area (Å²) in [6.07, 6.45) is 0. The van der Waals surface area contributed by atoms with Gasteiger partial charge in [0.15, 0.2) is 11.5 Å². The van der Waals surface area contributed by atoms with Crippen LogP contribution in [0.15, 0.2) is 62.4 Å². The summed E-state index contributed by atoms with van der Waals surface area (Å²) in [5.41, 5.74) is 3.93. The highest BCUT2D eigenvalue weighted by Gasteiger charge is 2.15. The Labute approximate surface area is 169 Å². The summed E-state index contributed by atoms with van der Waals surface area (Å²) in [5.74, 6) is 1.52. The van der Waals surface area contributed by atoms with Crippen molar-refractivity contribution in [2.45, 2.75) is 13.8 Å². The second-order valence-electron chi connectivity index (χ2n) is 5.92. The minimum atomic E-state index is 0.264. The van der Waals surface area contributed by atoms with Crippen molar-refractivity contribution in [3.63, 3.8) is 0 Å². The lowest BCUT2D eigenvalue weighted by Gasteiger charge is -2.08. The van der Waals surface area contributed by atoms with Crippen LogP contribution in [-0.2, 0) is 0 Å². The molecule has 0 bridgehead atoms. The van der Waals surface area contributed by atoms with E-state index in [0.717, 1.165) is 43.3 Å². The van der Waals surface area contributed by atoms with Crippen molar-refractivity contribution in [2.75, 3.05) is 13.3 Å². The molecule has 2 aromatic carbocycles. The Kier molecular flexibility index (Phi) is 5.13. The molecule has 3 aromatic rings. The standard InChI is InChI=1S/C20H18BrN3O2S/c1-3-22-20-24(17(11-27-20)15-6-4-5-7-16(15)21)23-13(2)14-8-9-18-19(10-14)26-12-25-18/h4-11H,3,12H2,1-2H3. The zero-order valence-electron chi connectivity index (χ0n) is 15.0. The number of benzene rings is 2. The number of fused-ring (bicyclic) bond motifs is 1. The molecular formula is C20H18BrN3O2S. The summed E-state index contributed by atoms with van der Waals surface area (Å²) >= 11 is 5.23. The first-order valence-corrected chi connectivity index (χ1v) is 10.3. The van der Waals surface area contributed by atoms with Crippen LogP contribution in [0.4, 0.5) is 0 Å². The van der Waals surface area contributed by atoms with Gasteiger partial charge >= 0.3 is 0 Å². The van der Waals surface area contributed by atoms with Gasteiger partial charge in [0.1, 0.15) is 0 Å². The fraction of sp³-hybridized carbons (Fsp3) is 0.200. The van der Waals surface area contributed by atoms with E-state index in [1.54, 1.807) is 11.3 Å². The molecule has 0 saturated heterocycles. The van der Waals surface area contributed by atoms with Crippen LogP contribution in [0.25, 0.3) is 11.3 Å². The number of aromatic nitrogens is 1. The first-order valence-electron chi connectivity index (χ1n) is 8.59. The fourth-order valence-corrected chi connectivity index (χ4v) is 4.20. The van der Waals surface area contributed by atoms with E-state index in [1.165, 1.54) is 0 Å². The topological polar surface area (TPSA) is 48.1 Å². The molecule has 0 radical (unpaired) electrons. The zero-order chi connectivity index (χ0) is 18.8. The van der Waals surface area contributed by atoms with Crippen molar-refractivity contribution in [1.29, 1.82) is 0 Å². The van der Waals surface area contributed by atoms with Crippen molar-refractivity contribution in [1.82, 2.24) is 4.68 Å². The molecule has 27 heavy (non-hydrogen) atoms. The van der Waals surface area contributed by atoms with Gasteiger partial charge < -0.3 is 9.47 Å². The molecule has 1 aromatic heterocycles. The molecule has 1 aliphatic rings. The maximum atomic E-state index is 5.49. The molecule has 0 amide bonds. The lowest BCUT2D eigenvalue weighted by Crippen LogP contribution is -2.14. The van der Waals surface area contributed by atoms with E-state index >= 15 is 0 Å². The number of halogens is 1. The highest BCUT2D eigenvalue weighted by Crippen LogP contribution is 2.33. The summed E-state index contributed by atoms with van der Waals surface area (Å²) in [4.78, 5) is 5.47. The van der Waals surface area contributed by atoms with Gasteiger partial charge in [-0.1, -0.05) is 34.1 Å². The highest BCUT2D eigenvalue weighted by molar-refractivity contribution is 9.10. The smallest absolute Gasteiger partial charge is 0.231 e. The van der Waals surface area contributed by atoms with Crippen molar-refractivity contribution in [3.05, 3.63) is 62.7 Å². The number of thiazole rings is 1. The molecule has 5 nitrogen and oxygen atoms in total. The predicted molar refractivity (Wildman–Crippen MR) is 112 cm³/mol. The molecule has 1 aliphatic heterocycles. The summed E-state index contributed by atoms with van der Waals surface area (Å²) in [5, 5.41) is 6.97.